The molecule has 0 heterocycles. The van der Waals surface area contributed by atoms with Crippen molar-refractivity contribution >= 4 is 35.6 Å². The van der Waals surface area contributed by atoms with Crippen molar-refractivity contribution in [1.29, 1.82) is 0 Å². The summed E-state index contributed by atoms with van der Waals surface area (Å²) >= 11 is 0. The Morgan fingerprint density at radius 1 is 0.730 bits per heavy atom. The van der Waals surface area contributed by atoms with Crippen molar-refractivity contribution < 1.29 is 9.59 Å². The number of hydrogen-bond donors (Lipinski definition) is 4. The van der Waals surface area contributed by atoms with Crippen molar-refractivity contribution in [2.24, 2.45) is 34.1 Å². The molecule has 2 saturated carbocycles. The number of nitrogens with one attached hydrogen (secondary N) is 2. The Morgan fingerprint density at radius 3 is 1.38 bits per heavy atom. The predicted molar refractivity (Wildman–Crippen MR) is 154 cm³/mol. The first kappa shape index (κ1) is 29.2. The van der Waals surface area contributed by atoms with E-state index in [1.165, 1.54) is 0 Å². The highest BCUT2D eigenvalue weighted by atomic mass is 35.5. The topological polar surface area (TPSA) is 110 Å². The maximum absolute atomic E-state index is 14.3. The van der Waals surface area contributed by atoms with E-state index in [1.54, 1.807) is 0 Å². The van der Waals surface area contributed by atoms with E-state index in [4.69, 9.17) is 11.5 Å². The summed E-state index contributed by atoms with van der Waals surface area (Å²) in [5.74, 6) is 0.715. The summed E-state index contributed by atoms with van der Waals surface area (Å²) in [6, 6.07) is 15.8. The van der Waals surface area contributed by atoms with Crippen LogP contribution in [-0.2, 0) is 9.59 Å². The molecule has 0 aromatic heterocycles. The number of carbonyl (C=O) groups excluding carboxylic acids is 2. The fourth-order valence-corrected chi connectivity index (χ4v) is 6.61. The highest BCUT2D eigenvalue weighted by molar-refractivity contribution is 6.04. The highest BCUT2D eigenvalue weighted by Gasteiger charge is 2.61. The first-order chi connectivity index (χ1) is 17.3. The van der Waals surface area contributed by atoms with E-state index in [2.05, 4.69) is 10.6 Å². The molecule has 7 heteroatoms. The number of halogens is 1. The average molecular weight is 527 g/mol. The maximum atomic E-state index is 14.3. The van der Waals surface area contributed by atoms with E-state index >= 15 is 0 Å². The van der Waals surface area contributed by atoms with E-state index < -0.39 is 10.8 Å². The normalized spacial score (nSPS) is 27.6. The molecule has 37 heavy (non-hydrogen) atoms. The molecule has 2 aromatic carbocycles. The molecule has 202 valence electrons. The zero-order chi connectivity index (χ0) is 25.8. The van der Waals surface area contributed by atoms with Gasteiger partial charge in [0.05, 0.1) is 10.8 Å². The molecule has 6 nitrogen and oxygen atoms in total. The fourth-order valence-electron chi connectivity index (χ4n) is 6.61. The lowest BCUT2D eigenvalue weighted by Crippen LogP contribution is -2.59. The van der Waals surface area contributed by atoms with Crippen LogP contribution in [0, 0.1) is 36.5 Å². The lowest BCUT2D eigenvalue weighted by molar-refractivity contribution is -0.155. The molecular formula is C30H43ClN4O2. The minimum absolute atomic E-state index is 0. The summed E-state index contributed by atoms with van der Waals surface area (Å²) in [6.07, 6.45) is 6.11. The summed E-state index contributed by atoms with van der Waals surface area (Å²) in [4.78, 5) is 28.6. The summed E-state index contributed by atoms with van der Waals surface area (Å²) in [7, 11) is 0. The van der Waals surface area contributed by atoms with Crippen LogP contribution in [-0.4, -0.2) is 24.9 Å². The third-order valence-electron chi connectivity index (χ3n) is 8.92. The number of amides is 2. The predicted octanol–water partition coefficient (Wildman–Crippen LogP) is 5.57. The summed E-state index contributed by atoms with van der Waals surface area (Å²) in [6.45, 7) is 5.27. The van der Waals surface area contributed by atoms with Gasteiger partial charge in [-0.3, -0.25) is 9.59 Å². The van der Waals surface area contributed by atoms with Crippen LogP contribution in [0.5, 0.6) is 0 Å². The van der Waals surface area contributed by atoms with Crippen LogP contribution >= 0.6 is 12.4 Å². The van der Waals surface area contributed by atoms with Crippen molar-refractivity contribution in [2.75, 3.05) is 23.7 Å². The standard InChI is InChI=1S/C30H42N4O2.ClH/c1-21-5-3-7-25(17-21)33-27(35)29(13-9-23(19-31)10-14-29)30(15-11-24(20-32)12-16-30)28(36)34-26-8-4-6-22(2)18-26;/h3-8,17-18,23-24H,9-16,19-20,31-32H2,1-2H3,(H,33,35)(H,34,36);1H. The second-order valence-corrected chi connectivity index (χ2v) is 11.2. The van der Waals surface area contributed by atoms with Crippen LogP contribution in [0.2, 0.25) is 0 Å². The maximum Gasteiger partial charge on any atom is 0.231 e. The first-order valence-electron chi connectivity index (χ1n) is 13.5. The molecule has 0 unspecified atom stereocenters. The highest BCUT2D eigenvalue weighted by Crippen LogP contribution is 2.59. The number of nitrogens with two attached hydrogens (primary N) is 2. The van der Waals surface area contributed by atoms with Gasteiger partial charge in [0.25, 0.3) is 0 Å². The molecule has 2 aromatic rings. The van der Waals surface area contributed by atoms with Crippen LogP contribution in [0.1, 0.15) is 62.5 Å². The fraction of sp³-hybridized carbons (Fsp3) is 0.533. The van der Waals surface area contributed by atoms with Gasteiger partial charge in [-0.2, -0.15) is 0 Å². The van der Waals surface area contributed by atoms with E-state index in [1.807, 2.05) is 62.4 Å². The van der Waals surface area contributed by atoms with Gasteiger partial charge in [-0.15, -0.1) is 12.4 Å². The van der Waals surface area contributed by atoms with Crippen molar-refractivity contribution in [3.05, 3.63) is 59.7 Å². The molecule has 0 atom stereocenters. The molecule has 2 fully saturated rings. The number of benzene rings is 2. The minimum Gasteiger partial charge on any atom is -0.330 e. The summed E-state index contributed by atoms with van der Waals surface area (Å²) < 4.78 is 0. The number of aryl methyl sites for hydroxylation is 2. The molecule has 2 amide bonds. The van der Waals surface area contributed by atoms with Gasteiger partial charge < -0.3 is 22.1 Å². The second-order valence-electron chi connectivity index (χ2n) is 11.2. The Hall–Kier alpha value is -2.41. The van der Waals surface area contributed by atoms with Crippen LogP contribution in [0.25, 0.3) is 0 Å². The number of rotatable bonds is 7. The lowest BCUT2D eigenvalue weighted by atomic mass is 9.49. The Kier molecular flexibility index (Phi) is 9.79. The van der Waals surface area contributed by atoms with Gasteiger partial charge >= 0.3 is 0 Å². The Bertz CT molecular complexity index is 987. The molecule has 0 saturated heterocycles. The average Bonchev–Trinajstić information content (AvgIpc) is 2.88. The third-order valence-corrected chi connectivity index (χ3v) is 8.92. The largest absolute Gasteiger partial charge is 0.330 e. The molecule has 0 bridgehead atoms. The molecule has 0 radical (unpaired) electrons. The second kappa shape index (κ2) is 12.4. The van der Waals surface area contributed by atoms with Gasteiger partial charge in [-0.05, 0) is 126 Å². The smallest absolute Gasteiger partial charge is 0.231 e. The molecule has 0 aliphatic heterocycles. The minimum atomic E-state index is -0.796. The number of carbonyl (C=O) groups is 2. The van der Waals surface area contributed by atoms with E-state index in [0.717, 1.165) is 48.2 Å². The lowest BCUT2D eigenvalue weighted by Gasteiger charge is -2.54. The van der Waals surface area contributed by atoms with E-state index in [0.29, 0.717) is 50.6 Å². The van der Waals surface area contributed by atoms with Crippen molar-refractivity contribution in [3.8, 4) is 0 Å². The van der Waals surface area contributed by atoms with Gasteiger partial charge in [0, 0.05) is 11.4 Å². The summed E-state index contributed by atoms with van der Waals surface area (Å²) in [5.41, 5.74) is 14.2. The van der Waals surface area contributed by atoms with Crippen LogP contribution in [0.4, 0.5) is 11.4 Å². The van der Waals surface area contributed by atoms with Crippen molar-refractivity contribution in [2.45, 2.75) is 65.2 Å². The van der Waals surface area contributed by atoms with Crippen molar-refractivity contribution in [3.63, 3.8) is 0 Å². The Balaban J connectivity index is 0.00000380. The first-order valence-corrected chi connectivity index (χ1v) is 13.5. The van der Waals surface area contributed by atoms with Crippen molar-refractivity contribution in [1.82, 2.24) is 0 Å². The number of hydrogen-bond acceptors (Lipinski definition) is 4. The van der Waals surface area contributed by atoms with Gasteiger partial charge in [-0.25, -0.2) is 0 Å². The molecule has 6 N–H and O–H groups in total. The number of anilines is 2. The van der Waals surface area contributed by atoms with E-state index in [9.17, 15) is 9.59 Å². The third kappa shape index (κ3) is 6.02. The molecule has 0 spiro atoms. The molecule has 2 aliphatic rings. The van der Waals surface area contributed by atoms with E-state index in [-0.39, 0.29) is 24.2 Å². The molecule has 4 rings (SSSR count). The van der Waals surface area contributed by atoms with Crippen LogP contribution in [0.15, 0.2) is 48.5 Å². The Morgan fingerprint density at radius 2 is 1.08 bits per heavy atom. The summed E-state index contributed by atoms with van der Waals surface area (Å²) in [5, 5.41) is 6.45. The van der Waals surface area contributed by atoms with Gasteiger partial charge in [0.15, 0.2) is 0 Å². The quantitative estimate of drug-likeness (QED) is 0.377. The van der Waals surface area contributed by atoms with Gasteiger partial charge in [-0.1, -0.05) is 24.3 Å². The van der Waals surface area contributed by atoms with Gasteiger partial charge in [0.2, 0.25) is 11.8 Å². The van der Waals surface area contributed by atoms with Gasteiger partial charge in [0.1, 0.15) is 0 Å². The Labute approximate surface area is 227 Å². The van der Waals surface area contributed by atoms with Crippen LogP contribution in [0.3, 0.4) is 0 Å². The van der Waals surface area contributed by atoms with Crippen LogP contribution < -0.4 is 22.1 Å². The monoisotopic (exact) mass is 526 g/mol. The zero-order valence-electron chi connectivity index (χ0n) is 22.2. The SMILES string of the molecule is Cc1cccc(NC(=O)C2(C3(C(=O)Nc4cccc(C)c4)CCC(CN)CC3)CCC(CN)CC2)c1.Cl. The zero-order valence-corrected chi connectivity index (χ0v) is 23.0. The molecular weight excluding hydrogens is 484 g/mol. The molecule has 2 aliphatic carbocycles.